The minimum absolute atomic E-state index is 0.158. The predicted octanol–water partition coefficient (Wildman–Crippen LogP) is 3.56. The highest BCUT2D eigenvalue weighted by Gasteiger charge is 2.27. The number of carbonyl (C=O) groups excluding carboxylic acids is 2. The molecular weight excluding hydrogens is 362 g/mol. The van der Waals surface area contributed by atoms with Crippen LogP contribution in [0.1, 0.15) is 50.5 Å². The van der Waals surface area contributed by atoms with E-state index >= 15 is 0 Å². The Morgan fingerprint density at radius 1 is 1.15 bits per heavy atom. The standard InChI is InChI=1S/C21H29NO4S/c23-19(16-17-6-2-1-3-7-17)12-11-18-8-4-9-20(24)22(18)13-15-27-14-5-10-21(25)26/h1-3,6-7,18H,4-5,8-16H2,(H,25,26)/t18-/m1/s1. The third-order valence-electron chi connectivity index (χ3n) is 4.85. The van der Waals surface area contributed by atoms with E-state index in [0.29, 0.717) is 32.2 Å². The van der Waals surface area contributed by atoms with Crippen molar-refractivity contribution in [1.29, 1.82) is 0 Å². The largest absolute Gasteiger partial charge is 0.481 e. The Balaban J connectivity index is 1.73. The summed E-state index contributed by atoms with van der Waals surface area (Å²) >= 11 is 1.69. The van der Waals surface area contributed by atoms with Gasteiger partial charge in [0.25, 0.3) is 0 Å². The SMILES string of the molecule is O=C(O)CCCSCCN1C(=O)CCC[C@@H]1CCC(=O)Cc1ccccc1. The third-order valence-corrected chi connectivity index (χ3v) is 5.89. The first-order valence-corrected chi connectivity index (χ1v) is 10.9. The second kappa shape index (κ2) is 11.8. The van der Waals surface area contributed by atoms with E-state index in [9.17, 15) is 14.4 Å². The number of carboxylic acid groups (broad SMARTS) is 1. The molecule has 148 valence electrons. The van der Waals surface area contributed by atoms with Crippen molar-refractivity contribution < 1.29 is 19.5 Å². The molecule has 6 heteroatoms. The summed E-state index contributed by atoms with van der Waals surface area (Å²) in [6.45, 7) is 0.689. The molecule has 5 nitrogen and oxygen atoms in total. The number of amides is 1. The molecule has 0 aromatic heterocycles. The number of Topliss-reactive ketones (excluding diaryl/α,β-unsaturated/α-hetero) is 1. The van der Waals surface area contributed by atoms with Crippen LogP contribution in [0.2, 0.25) is 0 Å². The molecular formula is C21H29NO4S. The van der Waals surface area contributed by atoms with E-state index in [1.807, 2.05) is 35.2 Å². The van der Waals surface area contributed by atoms with E-state index in [1.54, 1.807) is 11.8 Å². The smallest absolute Gasteiger partial charge is 0.303 e. The number of aliphatic carboxylic acids is 1. The first-order chi connectivity index (χ1) is 13.1. The fraction of sp³-hybridized carbons (Fsp3) is 0.571. The van der Waals surface area contributed by atoms with Crippen molar-refractivity contribution >= 4 is 29.4 Å². The number of rotatable bonds is 12. The molecule has 0 spiro atoms. The highest BCUT2D eigenvalue weighted by molar-refractivity contribution is 7.99. The van der Waals surface area contributed by atoms with Gasteiger partial charge in [0.2, 0.25) is 5.91 Å². The van der Waals surface area contributed by atoms with Gasteiger partial charge in [-0.25, -0.2) is 0 Å². The molecule has 0 aliphatic carbocycles. The third kappa shape index (κ3) is 8.16. The van der Waals surface area contributed by atoms with Crippen molar-refractivity contribution in [2.24, 2.45) is 0 Å². The summed E-state index contributed by atoms with van der Waals surface area (Å²) in [5.41, 5.74) is 1.04. The Bertz CT molecular complexity index is 620. The first kappa shape index (κ1) is 21.5. The summed E-state index contributed by atoms with van der Waals surface area (Å²) in [6.07, 6.45) is 5.02. The van der Waals surface area contributed by atoms with E-state index in [1.165, 1.54) is 0 Å². The Morgan fingerprint density at radius 2 is 1.93 bits per heavy atom. The zero-order valence-corrected chi connectivity index (χ0v) is 16.6. The summed E-state index contributed by atoms with van der Waals surface area (Å²) in [6, 6.07) is 9.92. The van der Waals surface area contributed by atoms with E-state index in [4.69, 9.17) is 5.11 Å². The van der Waals surface area contributed by atoms with Gasteiger partial charge in [-0.3, -0.25) is 14.4 Å². The fourth-order valence-electron chi connectivity index (χ4n) is 3.43. The van der Waals surface area contributed by atoms with Gasteiger partial charge in [-0.05, 0) is 37.0 Å². The van der Waals surface area contributed by atoms with Crippen LogP contribution >= 0.6 is 11.8 Å². The Morgan fingerprint density at radius 3 is 2.67 bits per heavy atom. The summed E-state index contributed by atoms with van der Waals surface area (Å²) in [4.78, 5) is 37.0. The second-order valence-electron chi connectivity index (χ2n) is 6.98. The van der Waals surface area contributed by atoms with Crippen LogP contribution in [-0.4, -0.2) is 51.8 Å². The first-order valence-electron chi connectivity index (χ1n) is 9.71. The maximum absolute atomic E-state index is 12.3. The number of piperidine rings is 1. The van der Waals surface area contributed by atoms with E-state index in [2.05, 4.69) is 0 Å². The molecule has 1 aromatic rings. The van der Waals surface area contributed by atoms with Crippen LogP contribution in [0, 0.1) is 0 Å². The van der Waals surface area contributed by atoms with Gasteiger partial charge >= 0.3 is 5.97 Å². The van der Waals surface area contributed by atoms with Crippen molar-refractivity contribution in [3.05, 3.63) is 35.9 Å². The molecule has 1 aliphatic rings. The number of carbonyl (C=O) groups is 3. The number of thioether (sulfide) groups is 1. The molecule has 1 amide bonds. The van der Waals surface area contributed by atoms with Gasteiger partial charge < -0.3 is 10.0 Å². The maximum Gasteiger partial charge on any atom is 0.303 e. The quantitative estimate of drug-likeness (QED) is 0.552. The van der Waals surface area contributed by atoms with Gasteiger partial charge in [-0.2, -0.15) is 11.8 Å². The van der Waals surface area contributed by atoms with Gasteiger partial charge in [-0.1, -0.05) is 30.3 Å². The fourth-order valence-corrected chi connectivity index (χ4v) is 4.31. The molecule has 1 fully saturated rings. The van der Waals surface area contributed by atoms with Gasteiger partial charge in [0.05, 0.1) is 0 Å². The molecule has 0 radical (unpaired) electrons. The van der Waals surface area contributed by atoms with E-state index in [-0.39, 0.29) is 24.2 Å². The Labute approximate surface area is 165 Å². The number of carboxylic acids is 1. The molecule has 1 atom stereocenters. The molecule has 1 aromatic carbocycles. The zero-order valence-electron chi connectivity index (χ0n) is 15.8. The molecule has 0 unspecified atom stereocenters. The van der Waals surface area contributed by atoms with Gasteiger partial charge in [0.15, 0.2) is 0 Å². The number of likely N-dealkylation sites (tertiary alicyclic amines) is 1. The zero-order chi connectivity index (χ0) is 19.5. The van der Waals surface area contributed by atoms with Gasteiger partial charge in [0.1, 0.15) is 5.78 Å². The average molecular weight is 392 g/mol. The van der Waals surface area contributed by atoms with Crippen LogP contribution in [0.15, 0.2) is 30.3 Å². The van der Waals surface area contributed by atoms with Crippen molar-refractivity contribution in [3.8, 4) is 0 Å². The lowest BCUT2D eigenvalue weighted by molar-refractivity contribution is -0.137. The van der Waals surface area contributed by atoms with Crippen molar-refractivity contribution in [3.63, 3.8) is 0 Å². The molecule has 1 saturated heterocycles. The van der Waals surface area contributed by atoms with Crippen molar-refractivity contribution in [1.82, 2.24) is 4.90 Å². The number of nitrogens with zero attached hydrogens (tertiary/aromatic N) is 1. The molecule has 0 saturated carbocycles. The molecule has 27 heavy (non-hydrogen) atoms. The topological polar surface area (TPSA) is 74.7 Å². The molecule has 1 N–H and O–H groups in total. The van der Waals surface area contributed by atoms with Crippen LogP contribution in [0.4, 0.5) is 0 Å². The predicted molar refractivity (Wildman–Crippen MR) is 108 cm³/mol. The van der Waals surface area contributed by atoms with Crippen LogP contribution < -0.4 is 0 Å². The van der Waals surface area contributed by atoms with Crippen LogP contribution in [0.25, 0.3) is 0 Å². The van der Waals surface area contributed by atoms with Crippen LogP contribution in [0.5, 0.6) is 0 Å². The number of hydrogen-bond donors (Lipinski definition) is 1. The Hall–Kier alpha value is -1.82. The number of benzene rings is 1. The summed E-state index contributed by atoms with van der Waals surface area (Å²) in [7, 11) is 0. The lowest BCUT2D eigenvalue weighted by Crippen LogP contribution is -2.45. The second-order valence-corrected chi connectivity index (χ2v) is 8.21. The summed E-state index contributed by atoms with van der Waals surface area (Å²) in [5, 5.41) is 8.65. The van der Waals surface area contributed by atoms with Gasteiger partial charge in [-0.15, -0.1) is 0 Å². The monoisotopic (exact) mass is 391 g/mol. The van der Waals surface area contributed by atoms with Crippen LogP contribution in [-0.2, 0) is 20.8 Å². The minimum atomic E-state index is -0.762. The number of ketones is 1. The van der Waals surface area contributed by atoms with Crippen molar-refractivity contribution in [2.45, 2.75) is 57.4 Å². The molecule has 1 aliphatic heterocycles. The van der Waals surface area contributed by atoms with Crippen molar-refractivity contribution in [2.75, 3.05) is 18.1 Å². The molecule has 1 heterocycles. The van der Waals surface area contributed by atoms with Crippen LogP contribution in [0.3, 0.4) is 0 Å². The molecule has 2 rings (SSSR count). The average Bonchev–Trinajstić information content (AvgIpc) is 2.65. The lowest BCUT2D eigenvalue weighted by Gasteiger charge is -2.35. The number of hydrogen-bond acceptors (Lipinski definition) is 4. The minimum Gasteiger partial charge on any atom is -0.481 e. The normalized spacial score (nSPS) is 17.1. The highest BCUT2D eigenvalue weighted by Crippen LogP contribution is 2.23. The molecule has 0 bridgehead atoms. The van der Waals surface area contributed by atoms with E-state index < -0.39 is 5.97 Å². The van der Waals surface area contributed by atoms with E-state index in [0.717, 1.165) is 36.3 Å². The highest BCUT2D eigenvalue weighted by atomic mass is 32.2. The van der Waals surface area contributed by atoms with Gasteiger partial charge in [0, 0.05) is 44.0 Å². The summed E-state index contributed by atoms with van der Waals surface area (Å²) in [5.74, 6) is 1.27. The lowest BCUT2D eigenvalue weighted by atomic mass is 9.95. The Kier molecular flexibility index (Phi) is 9.39. The summed E-state index contributed by atoms with van der Waals surface area (Å²) < 4.78 is 0. The maximum atomic E-state index is 12.3.